The Morgan fingerprint density at radius 3 is 2.15 bits per heavy atom. The third kappa shape index (κ3) is 8.96. The zero-order valence-electron chi connectivity index (χ0n) is 23.8. The van der Waals surface area contributed by atoms with Gasteiger partial charge in [0.2, 0.25) is 21.8 Å². The van der Waals surface area contributed by atoms with Gasteiger partial charge in [-0.1, -0.05) is 58.4 Å². The number of hydrogen-bond acceptors (Lipinski definition) is 6. The lowest BCUT2D eigenvalue weighted by molar-refractivity contribution is -0.140. The number of sulfonamides is 1. The maximum absolute atomic E-state index is 14.1. The first-order chi connectivity index (χ1) is 19.4. The van der Waals surface area contributed by atoms with Crippen LogP contribution < -0.4 is 19.1 Å². The molecule has 0 bridgehead atoms. The van der Waals surface area contributed by atoms with Crippen LogP contribution in [-0.4, -0.2) is 64.2 Å². The van der Waals surface area contributed by atoms with Crippen LogP contribution in [0.1, 0.15) is 25.0 Å². The average Bonchev–Trinajstić information content (AvgIpc) is 2.92. The Labute approximate surface area is 250 Å². The molecule has 2 amide bonds. The second kappa shape index (κ2) is 14.4. The van der Waals surface area contributed by atoms with Crippen molar-refractivity contribution >= 4 is 43.5 Å². The molecule has 1 atom stereocenters. The fraction of sp³-hybridized carbons (Fsp3) is 0.333. The van der Waals surface area contributed by atoms with Gasteiger partial charge in [0.05, 0.1) is 26.2 Å². The van der Waals surface area contributed by atoms with Gasteiger partial charge in [-0.15, -0.1) is 0 Å². The van der Waals surface area contributed by atoms with E-state index in [0.717, 1.165) is 26.2 Å². The summed E-state index contributed by atoms with van der Waals surface area (Å²) >= 11 is 3.47. The molecule has 0 spiro atoms. The summed E-state index contributed by atoms with van der Waals surface area (Å²) < 4.78 is 38.4. The largest absolute Gasteiger partial charge is 0.493 e. The topological polar surface area (TPSA) is 105 Å². The molecule has 0 unspecified atom stereocenters. The van der Waals surface area contributed by atoms with Crippen LogP contribution in [0.25, 0.3) is 0 Å². The Hall–Kier alpha value is -3.57. The van der Waals surface area contributed by atoms with Crippen LogP contribution in [0, 0.1) is 0 Å². The van der Waals surface area contributed by atoms with Crippen LogP contribution in [-0.2, 0) is 32.6 Å². The Morgan fingerprint density at radius 2 is 1.56 bits per heavy atom. The van der Waals surface area contributed by atoms with E-state index in [4.69, 9.17) is 9.47 Å². The Bertz CT molecular complexity index is 1450. The summed E-state index contributed by atoms with van der Waals surface area (Å²) in [5.41, 5.74) is 1.87. The predicted molar refractivity (Wildman–Crippen MR) is 164 cm³/mol. The van der Waals surface area contributed by atoms with Crippen molar-refractivity contribution in [2.75, 3.05) is 31.3 Å². The quantitative estimate of drug-likeness (QED) is 0.296. The van der Waals surface area contributed by atoms with Crippen molar-refractivity contribution in [2.45, 2.75) is 38.9 Å². The van der Waals surface area contributed by atoms with Gasteiger partial charge in [0.15, 0.2) is 11.5 Å². The molecule has 0 aromatic heterocycles. The molecule has 41 heavy (non-hydrogen) atoms. The molecule has 3 aromatic carbocycles. The van der Waals surface area contributed by atoms with Gasteiger partial charge in [-0.05, 0) is 49.2 Å². The molecular formula is C30H36BrN3O6S. The first-order valence-corrected chi connectivity index (χ1v) is 15.6. The summed E-state index contributed by atoms with van der Waals surface area (Å²) in [6, 6.07) is 20.4. The minimum atomic E-state index is -3.91. The van der Waals surface area contributed by atoms with Crippen molar-refractivity contribution < 1.29 is 27.5 Å². The molecule has 0 saturated carbocycles. The third-order valence-electron chi connectivity index (χ3n) is 6.28. The summed E-state index contributed by atoms with van der Waals surface area (Å²) in [6.45, 7) is 3.26. The van der Waals surface area contributed by atoms with E-state index in [1.165, 1.54) is 25.2 Å². The summed E-state index contributed by atoms with van der Waals surface area (Å²) in [6.07, 6.45) is 1.27. The molecular weight excluding hydrogens is 610 g/mol. The molecule has 0 heterocycles. The lowest BCUT2D eigenvalue weighted by atomic mass is 10.0. The van der Waals surface area contributed by atoms with Crippen LogP contribution in [0.15, 0.2) is 77.3 Å². The van der Waals surface area contributed by atoms with Crippen molar-refractivity contribution in [3.63, 3.8) is 0 Å². The smallest absolute Gasteiger partial charge is 0.244 e. The molecule has 220 valence electrons. The monoisotopic (exact) mass is 645 g/mol. The molecule has 1 N–H and O–H groups in total. The minimum Gasteiger partial charge on any atom is -0.493 e. The highest BCUT2D eigenvalue weighted by Crippen LogP contribution is 2.32. The van der Waals surface area contributed by atoms with Crippen LogP contribution >= 0.6 is 15.9 Å². The Balaban J connectivity index is 2.08. The molecule has 3 aromatic rings. The summed E-state index contributed by atoms with van der Waals surface area (Å²) in [7, 11) is -0.993. The SMILES string of the molecule is COc1ccc(N(CC(=O)N(Cc2cccc(Br)c2)[C@@H](Cc2ccccc2)C(=O)NC(C)C)S(C)(=O)=O)cc1OC. The van der Waals surface area contributed by atoms with Crippen molar-refractivity contribution in [3.8, 4) is 11.5 Å². The highest BCUT2D eigenvalue weighted by atomic mass is 79.9. The van der Waals surface area contributed by atoms with E-state index < -0.39 is 28.5 Å². The highest BCUT2D eigenvalue weighted by molar-refractivity contribution is 9.10. The summed E-state index contributed by atoms with van der Waals surface area (Å²) in [5, 5.41) is 2.93. The zero-order chi connectivity index (χ0) is 30.2. The molecule has 0 saturated heterocycles. The molecule has 11 heteroatoms. The fourth-order valence-electron chi connectivity index (χ4n) is 4.36. The number of nitrogens with one attached hydrogen (secondary N) is 1. The van der Waals surface area contributed by atoms with Gasteiger partial charge in [0.1, 0.15) is 12.6 Å². The number of carbonyl (C=O) groups is 2. The lowest BCUT2D eigenvalue weighted by Gasteiger charge is -2.34. The van der Waals surface area contributed by atoms with Gasteiger partial charge in [-0.25, -0.2) is 8.42 Å². The number of benzene rings is 3. The number of methoxy groups -OCH3 is 2. The number of rotatable bonds is 13. The molecule has 0 aliphatic rings. The molecule has 0 aliphatic heterocycles. The number of carbonyl (C=O) groups excluding carboxylic acids is 2. The standard InChI is InChI=1S/C30H36BrN3O6S/c1-21(2)32-30(36)26(17-22-10-7-6-8-11-22)33(19-23-12-9-13-24(31)16-23)29(35)20-34(41(5,37)38)25-14-15-27(39-3)28(18-25)40-4/h6-16,18,21,26H,17,19-20H2,1-5H3,(H,32,36)/t26-/m0/s1. The number of ether oxygens (including phenoxy) is 2. The molecule has 9 nitrogen and oxygen atoms in total. The molecule has 0 fully saturated rings. The second-order valence-corrected chi connectivity index (χ2v) is 12.7. The highest BCUT2D eigenvalue weighted by Gasteiger charge is 2.33. The van der Waals surface area contributed by atoms with Gasteiger partial charge in [-0.2, -0.15) is 0 Å². The van der Waals surface area contributed by atoms with Crippen LogP contribution in [0.2, 0.25) is 0 Å². The lowest BCUT2D eigenvalue weighted by Crippen LogP contribution is -2.54. The first-order valence-electron chi connectivity index (χ1n) is 13.0. The minimum absolute atomic E-state index is 0.0881. The second-order valence-electron chi connectivity index (χ2n) is 9.83. The third-order valence-corrected chi connectivity index (χ3v) is 7.91. The molecule has 3 rings (SSSR count). The van der Waals surface area contributed by atoms with Gasteiger partial charge < -0.3 is 19.7 Å². The zero-order valence-corrected chi connectivity index (χ0v) is 26.2. The van der Waals surface area contributed by atoms with E-state index >= 15 is 0 Å². The van der Waals surface area contributed by atoms with Crippen LogP contribution in [0.5, 0.6) is 11.5 Å². The van der Waals surface area contributed by atoms with E-state index in [1.807, 2.05) is 68.4 Å². The van der Waals surface area contributed by atoms with Crippen molar-refractivity contribution in [2.24, 2.45) is 0 Å². The average molecular weight is 647 g/mol. The number of amides is 2. The Morgan fingerprint density at radius 1 is 0.902 bits per heavy atom. The number of anilines is 1. The normalized spacial score (nSPS) is 12.0. The Kier molecular flexibility index (Phi) is 11.2. The fourth-order valence-corrected chi connectivity index (χ4v) is 5.65. The maximum Gasteiger partial charge on any atom is 0.244 e. The van der Waals surface area contributed by atoms with E-state index in [2.05, 4.69) is 21.2 Å². The number of hydrogen-bond donors (Lipinski definition) is 1. The maximum atomic E-state index is 14.1. The summed E-state index contributed by atoms with van der Waals surface area (Å²) in [4.78, 5) is 29.2. The van der Waals surface area contributed by atoms with Gasteiger partial charge in [-0.3, -0.25) is 13.9 Å². The van der Waals surface area contributed by atoms with Crippen molar-refractivity contribution in [3.05, 3.63) is 88.4 Å². The number of halogens is 1. The van der Waals surface area contributed by atoms with E-state index in [0.29, 0.717) is 11.5 Å². The van der Waals surface area contributed by atoms with Gasteiger partial charge in [0.25, 0.3) is 0 Å². The van der Waals surface area contributed by atoms with E-state index in [9.17, 15) is 18.0 Å². The predicted octanol–water partition coefficient (Wildman–Crippen LogP) is 4.40. The van der Waals surface area contributed by atoms with Crippen LogP contribution in [0.4, 0.5) is 5.69 Å². The van der Waals surface area contributed by atoms with Gasteiger partial charge in [0, 0.05) is 29.5 Å². The van der Waals surface area contributed by atoms with E-state index in [-0.39, 0.29) is 30.6 Å². The van der Waals surface area contributed by atoms with E-state index in [1.54, 1.807) is 12.1 Å². The molecule has 0 radical (unpaired) electrons. The first kappa shape index (κ1) is 32.0. The van der Waals surface area contributed by atoms with Crippen molar-refractivity contribution in [1.29, 1.82) is 0 Å². The van der Waals surface area contributed by atoms with Crippen molar-refractivity contribution in [1.82, 2.24) is 10.2 Å². The number of nitrogens with zero attached hydrogens (tertiary/aromatic N) is 2. The molecule has 0 aliphatic carbocycles. The van der Waals surface area contributed by atoms with Gasteiger partial charge >= 0.3 is 0 Å². The summed E-state index contributed by atoms with van der Waals surface area (Å²) in [5.74, 6) is -0.134. The van der Waals surface area contributed by atoms with Crippen LogP contribution in [0.3, 0.4) is 0 Å².